The Morgan fingerprint density at radius 3 is 3.00 bits per heavy atom. The summed E-state index contributed by atoms with van der Waals surface area (Å²) in [5.41, 5.74) is 1.31. The van der Waals surface area contributed by atoms with E-state index < -0.39 is 18.2 Å². The van der Waals surface area contributed by atoms with Crippen LogP contribution in [0.5, 0.6) is 0 Å². The molecule has 2 heterocycles. The van der Waals surface area contributed by atoms with Crippen LogP contribution in [0.2, 0.25) is 0 Å². The number of rotatable bonds is 6. The molecule has 9 heteroatoms. The molecule has 1 aliphatic heterocycles. The average molecular weight is 381 g/mol. The number of carboxylic acid groups (broad SMARTS) is 1. The minimum atomic E-state index is -1.62. The standard InChI is InChI=1S/C16H19N3O4S2/c1-4-5-6-9-24-13-12(17-25-18-13)11-8-7-10(2)19(3)14(11)23-16(22)15(20)21/h1,8,10,14H,5-7,9H2,2-3H3,(H,20,21). The van der Waals surface area contributed by atoms with Crippen molar-refractivity contribution < 1.29 is 19.4 Å². The second-order valence-corrected chi connectivity index (χ2v) is 7.16. The zero-order chi connectivity index (χ0) is 18.4. The van der Waals surface area contributed by atoms with Crippen molar-refractivity contribution in [3.05, 3.63) is 11.8 Å². The molecule has 0 radical (unpaired) electrons. The van der Waals surface area contributed by atoms with Crippen molar-refractivity contribution in [1.29, 1.82) is 0 Å². The molecule has 0 aromatic carbocycles. The van der Waals surface area contributed by atoms with Crippen molar-refractivity contribution in [2.24, 2.45) is 0 Å². The summed E-state index contributed by atoms with van der Waals surface area (Å²) < 4.78 is 13.8. The van der Waals surface area contributed by atoms with E-state index in [1.165, 1.54) is 0 Å². The number of unbranched alkanes of at least 4 members (excludes halogenated alkanes) is 1. The van der Waals surface area contributed by atoms with Crippen LogP contribution in [0.15, 0.2) is 11.1 Å². The summed E-state index contributed by atoms with van der Waals surface area (Å²) in [6.45, 7) is 1.98. The maximum atomic E-state index is 11.6. The van der Waals surface area contributed by atoms with E-state index >= 15 is 0 Å². The highest BCUT2D eigenvalue weighted by Crippen LogP contribution is 2.34. The van der Waals surface area contributed by atoms with Crippen LogP contribution in [-0.2, 0) is 14.3 Å². The molecule has 0 saturated carbocycles. The van der Waals surface area contributed by atoms with E-state index in [0.29, 0.717) is 17.7 Å². The number of ether oxygens (including phenoxy) is 1. The van der Waals surface area contributed by atoms with Crippen molar-refractivity contribution in [2.45, 2.75) is 43.5 Å². The fraction of sp³-hybridized carbons (Fsp3) is 0.500. The third kappa shape index (κ3) is 4.81. The summed E-state index contributed by atoms with van der Waals surface area (Å²) in [4.78, 5) is 24.3. The largest absolute Gasteiger partial charge is 0.473 e. The molecule has 2 rings (SSSR count). The fourth-order valence-corrected chi connectivity index (χ4v) is 3.95. The normalized spacial score (nSPS) is 20.6. The lowest BCUT2D eigenvalue weighted by atomic mass is 10.0. The predicted molar refractivity (Wildman–Crippen MR) is 96.0 cm³/mol. The Balaban J connectivity index is 2.23. The Kier molecular flexibility index (Phi) is 6.99. The molecule has 1 aromatic rings. The Morgan fingerprint density at radius 2 is 2.32 bits per heavy atom. The van der Waals surface area contributed by atoms with Gasteiger partial charge in [0.05, 0.1) is 11.7 Å². The van der Waals surface area contributed by atoms with Crippen molar-refractivity contribution in [3.63, 3.8) is 0 Å². The number of aromatic nitrogens is 2. The van der Waals surface area contributed by atoms with Crippen LogP contribution >= 0.6 is 23.5 Å². The van der Waals surface area contributed by atoms with Gasteiger partial charge in [-0.1, -0.05) is 6.08 Å². The number of aliphatic carboxylic acids is 1. The fourth-order valence-electron chi connectivity index (χ4n) is 2.32. The molecule has 1 aromatic heterocycles. The van der Waals surface area contributed by atoms with Crippen molar-refractivity contribution in [2.75, 3.05) is 12.8 Å². The van der Waals surface area contributed by atoms with Crippen LogP contribution in [0.1, 0.15) is 31.9 Å². The summed E-state index contributed by atoms with van der Waals surface area (Å²) in [7, 11) is 1.79. The van der Waals surface area contributed by atoms with E-state index in [2.05, 4.69) is 14.7 Å². The zero-order valence-corrected chi connectivity index (χ0v) is 15.6. The molecule has 2 unspecified atom stereocenters. The van der Waals surface area contributed by atoms with Gasteiger partial charge in [0.15, 0.2) is 6.23 Å². The van der Waals surface area contributed by atoms with Gasteiger partial charge >= 0.3 is 11.9 Å². The minimum Gasteiger partial charge on any atom is -0.473 e. The number of nitrogens with zero attached hydrogens (tertiary/aromatic N) is 3. The van der Waals surface area contributed by atoms with Gasteiger partial charge in [0.25, 0.3) is 0 Å². The monoisotopic (exact) mass is 381 g/mol. The molecule has 134 valence electrons. The first-order valence-corrected chi connectivity index (χ1v) is 9.42. The maximum Gasteiger partial charge on any atom is 0.419 e. The number of carbonyl (C=O) groups is 2. The van der Waals surface area contributed by atoms with Gasteiger partial charge in [0, 0.05) is 23.8 Å². The van der Waals surface area contributed by atoms with E-state index in [1.54, 1.807) is 18.8 Å². The topological polar surface area (TPSA) is 92.6 Å². The van der Waals surface area contributed by atoms with Crippen LogP contribution < -0.4 is 0 Å². The van der Waals surface area contributed by atoms with Gasteiger partial charge in [-0.3, -0.25) is 4.90 Å². The highest BCUT2D eigenvalue weighted by Gasteiger charge is 2.35. The summed E-state index contributed by atoms with van der Waals surface area (Å²) in [6.07, 6.45) is 8.69. The van der Waals surface area contributed by atoms with E-state index in [1.807, 2.05) is 17.9 Å². The molecule has 25 heavy (non-hydrogen) atoms. The molecule has 7 nitrogen and oxygen atoms in total. The van der Waals surface area contributed by atoms with E-state index in [-0.39, 0.29) is 6.04 Å². The Morgan fingerprint density at radius 1 is 1.56 bits per heavy atom. The van der Waals surface area contributed by atoms with Gasteiger partial charge in [-0.2, -0.15) is 8.75 Å². The maximum absolute atomic E-state index is 11.6. The van der Waals surface area contributed by atoms with Crippen molar-refractivity contribution in [1.82, 2.24) is 13.6 Å². The Bertz CT molecular complexity index is 710. The third-order valence-corrected chi connectivity index (χ3v) is 5.53. The second kappa shape index (κ2) is 8.99. The minimum absolute atomic E-state index is 0.105. The number of hydrogen-bond donors (Lipinski definition) is 1. The predicted octanol–water partition coefficient (Wildman–Crippen LogP) is 2.10. The second-order valence-electron chi connectivity index (χ2n) is 5.55. The molecule has 0 aliphatic carbocycles. The highest BCUT2D eigenvalue weighted by molar-refractivity contribution is 7.99. The lowest BCUT2D eigenvalue weighted by Crippen LogP contribution is -2.45. The number of likely N-dealkylation sites (N-methyl/N-ethyl adjacent to an activating group) is 1. The van der Waals surface area contributed by atoms with Crippen LogP contribution in [0, 0.1) is 12.3 Å². The van der Waals surface area contributed by atoms with Gasteiger partial charge in [0.1, 0.15) is 10.7 Å². The van der Waals surface area contributed by atoms with Gasteiger partial charge in [-0.05, 0) is 26.8 Å². The molecule has 1 N–H and O–H groups in total. The first-order chi connectivity index (χ1) is 12.0. The number of esters is 1. The van der Waals surface area contributed by atoms with Crippen LogP contribution in [0.25, 0.3) is 5.57 Å². The number of carbonyl (C=O) groups excluding carboxylic acids is 1. The Hall–Kier alpha value is -1.89. The molecule has 0 saturated heterocycles. The third-order valence-electron chi connectivity index (χ3n) is 3.84. The summed E-state index contributed by atoms with van der Waals surface area (Å²) in [6, 6.07) is 0.105. The SMILES string of the molecule is C#CCCCSc1nsnc1C1=CCC(C)N(C)C1OC(=O)C(=O)O. The summed E-state index contributed by atoms with van der Waals surface area (Å²) in [5, 5.41) is 9.59. The molecular weight excluding hydrogens is 362 g/mol. The van der Waals surface area contributed by atoms with Crippen LogP contribution in [0.4, 0.5) is 0 Å². The Labute approximate surface area is 154 Å². The molecule has 0 fully saturated rings. The van der Waals surface area contributed by atoms with Crippen molar-refractivity contribution in [3.8, 4) is 12.3 Å². The van der Waals surface area contributed by atoms with E-state index in [4.69, 9.17) is 16.3 Å². The van der Waals surface area contributed by atoms with Gasteiger partial charge in [-0.25, -0.2) is 9.59 Å². The lowest BCUT2D eigenvalue weighted by Gasteiger charge is -2.36. The van der Waals surface area contributed by atoms with Crippen LogP contribution in [-0.4, -0.2) is 55.8 Å². The quantitative estimate of drug-likeness (QED) is 0.263. The molecular formula is C16H19N3O4S2. The first-order valence-electron chi connectivity index (χ1n) is 7.70. The molecule has 0 bridgehead atoms. The summed E-state index contributed by atoms with van der Waals surface area (Å²) in [5.74, 6) is 0.497. The first kappa shape index (κ1) is 19.4. The van der Waals surface area contributed by atoms with Gasteiger partial charge in [-0.15, -0.1) is 24.1 Å². The molecule has 0 spiro atoms. The number of carboxylic acids is 1. The molecule has 0 amide bonds. The smallest absolute Gasteiger partial charge is 0.419 e. The number of hydrogen-bond acceptors (Lipinski definition) is 8. The van der Waals surface area contributed by atoms with E-state index in [0.717, 1.165) is 35.3 Å². The number of thioether (sulfide) groups is 1. The molecule has 1 aliphatic rings. The highest BCUT2D eigenvalue weighted by atomic mass is 32.2. The number of terminal acetylenes is 1. The van der Waals surface area contributed by atoms with E-state index in [9.17, 15) is 9.59 Å². The summed E-state index contributed by atoms with van der Waals surface area (Å²) >= 11 is 2.62. The van der Waals surface area contributed by atoms with Gasteiger partial charge in [0.2, 0.25) is 0 Å². The zero-order valence-electron chi connectivity index (χ0n) is 14.0. The molecule has 2 atom stereocenters. The van der Waals surface area contributed by atoms with Crippen LogP contribution in [0.3, 0.4) is 0 Å². The average Bonchev–Trinajstić information content (AvgIpc) is 3.04. The lowest BCUT2D eigenvalue weighted by molar-refractivity contribution is -0.171. The van der Waals surface area contributed by atoms with Gasteiger partial charge < -0.3 is 9.84 Å². The van der Waals surface area contributed by atoms with Crippen molar-refractivity contribution >= 4 is 41.0 Å².